The van der Waals surface area contributed by atoms with E-state index in [0.717, 1.165) is 16.7 Å². The SMILES string of the molecule is Cn1ccnc1CCn1c(C(=O)O)cc2ccccc21. The molecule has 5 nitrogen and oxygen atoms in total. The van der Waals surface area contributed by atoms with Gasteiger partial charge in [0.1, 0.15) is 11.5 Å². The Labute approximate surface area is 116 Å². The van der Waals surface area contributed by atoms with Gasteiger partial charge in [-0.15, -0.1) is 0 Å². The van der Waals surface area contributed by atoms with Crippen LogP contribution in [-0.2, 0) is 20.0 Å². The van der Waals surface area contributed by atoms with E-state index in [2.05, 4.69) is 4.98 Å². The van der Waals surface area contributed by atoms with Crippen LogP contribution in [-0.4, -0.2) is 25.2 Å². The molecule has 1 N–H and O–H groups in total. The van der Waals surface area contributed by atoms with E-state index in [1.807, 2.05) is 46.6 Å². The van der Waals surface area contributed by atoms with Crippen LogP contribution in [0, 0.1) is 0 Å². The van der Waals surface area contributed by atoms with E-state index in [9.17, 15) is 9.90 Å². The van der Waals surface area contributed by atoms with Crippen molar-refractivity contribution < 1.29 is 9.90 Å². The Kier molecular flexibility index (Phi) is 3.02. The van der Waals surface area contributed by atoms with Crippen molar-refractivity contribution in [3.63, 3.8) is 0 Å². The van der Waals surface area contributed by atoms with Crippen molar-refractivity contribution in [2.24, 2.45) is 7.05 Å². The maximum absolute atomic E-state index is 11.4. The van der Waals surface area contributed by atoms with Crippen LogP contribution in [0.25, 0.3) is 10.9 Å². The van der Waals surface area contributed by atoms with Crippen LogP contribution in [0.1, 0.15) is 16.3 Å². The fourth-order valence-corrected chi connectivity index (χ4v) is 2.48. The smallest absolute Gasteiger partial charge is 0.352 e. The van der Waals surface area contributed by atoms with Gasteiger partial charge in [0.15, 0.2) is 0 Å². The highest BCUT2D eigenvalue weighted by Crippen LogP contribution is 2.20. The summed E-state index contributed by atoms with van der Waals surface area (Å²) in [5, 5.41) is 10.3. The summed E-state index contributed by atoms with van der Waals surface area (Å²) in [5.41, 5.74) is 1.26. The quantitative estimate of drug-likeness (QED) is 0.790. The second-order valence-corrected chi connectivity index (χ2v) is 4.75. The van der Waals surface area contributed by atoms with E-state index in [1.54, 1.807) is 12.3 Å². The normalized spacial score (nSPS) is 11.1. The Bertz CT molecular complexity index is 770. The molecule has 0 amide bonds. The molecule has 0 unspecified atom stereocenters. The molecular formula is C15H15N3O2. The molecule has 0 saturated carbocycles. The van der Waals surface area contributed by atoms with Crippen molar-refractivity contribution in [1.82, 2.24) is 14.1 Å². The highest BCUT2D eigenvalue weighted by molar-refractivity contribution is 5.94. The highest BCUT2D eigenvalue weighted by atomic mass is 16.4. The molecule has 0 fully saturated rings. The number of hydrogen-bond donors (Lipinski definition) is 1. The zero-order valence-electron chi connectivity index (χ0n) is 11.2. The van der Waals surface area contributed by atoms with Gasteiger partial charge in [0.25, 0.3) is 0 Å². The summed E-state index contributed by atoms with van der Waals surface area (Å²) in [6.07, 6.45) is 4.34. The summed E-state index contributed by atoms with van der Waals surface area (Å²) >= 11 is 0. The average molecular weight is 269 g/mol. The van der Waals surface area contributed by atoms with E-state index < -0.39 is 5.97 Å². The third kappa shape index (κ3) is 2.07. The summed E-state index contributed by atoms with van der Waals surface area (Å²) < 4.78 is 3.79. The Morgan fingerprint density at radius 1 is 1.35 bits per heavy atom. The summed E-state index contributed by atoms with van der Waals surface area (Å²) in [4.78, 5) is 15.6. The summed E-state index contributed by atoms with van der Waals surface area (Å²) in [5.74, 6) is 0.0418. The second-order valence-electron chi connectivity index (χ2n) is 4.75. The van der Waals surface area contributed by atoms with E-state index in [-0.39, 0.29) is 0 Å². The molecule has 102 valence electrons. The Morgan fingerprint density at radius 2 is 2.15 bits per heavy atom. The maximum Gasteiger partial charge on any atom is 0.352 e. The number of imidazole rings is 1. The molecular weight excluding hydrogens is 254 g/mol. The first-order valence-corrected chi connectivity index (χ1v) is 6.44. The Balaban J connectivity index is 1.99. The standard InChI is InChI=1S/C15H15N3O2/c1-17-9-7-16-14(17)6-8-18-12-5-3-2-4-11(12)10-13(18)15(19)20/h2-5,7,9-10H,6,8H2,1H3,(H,19,20). The van der Waals surface area contributed by atoms with Gasteiger partial charge in [-0.2, -0.15) is 0 Å². The van der Waals surface area contributed by atoms with E-state index in [4.69, 9.17) is 0 Å². The van der Waals surface area contributed by atoms with Gasteiger partial charge in [0.2, 0.25) is 0 Å². The van der Waals surface area contributed by atoms with Crippen molar-refractivity contribution in [3.05, 3.63) is 54.2 Å². The molecule has 0 aliphatic heterocycles. The van der Waals surface area contributed by atoms with Crippen LogP contribution in [0.4, 0.5) is 0 Å². The molecule has 20 heavy (non-hydrogen) atoms. The van der Waals surface area contributed by atoms with Crippen LogP contribution in [0.15, 0.2) is 42.7 Å². The van der Waals surface area contributed by atoms with Gasteiger partial charge in [-0.1, -0.05) is 18.2 Å². The lowest BCUT2D eigenvalue weighted by Gasteiger charge is -2.08. The molecule has 2 heterocycles. The molecule has 3 rings (SSSR count). The number of carbonyl (C=O) groups is 1. The molecule has 0 bridgehead atoms. The molecule has 1 aromatic carbocycles. The fraction of sp³-hybridized carbons (Fsp3) is 0.200. The van der Waals surface area contributed by atoms with Gasteiger partial charge in [0.05, 0.1) is 0 Å². The zero-order valence-corrected chi connectivity index (χ0v) is 11.2. The van der Waals surface area contributed by atoms with Gasteiger partial charge in [-0.3, -0.25) is 0 Å². The molecule has 2 aromatic heterocycles. The lowest BCUT2D eigenvalue weighted by atomic mass is 10.2. The van der Waals surface area contributed by atoms with Crippen molar-refractivity contribution in [3.8, 4) is 0 Å². The Hall–Kier alpha value is -2.56. The first-order chi connectivity index (χ1) is 9.66. The maximum atomic E-state index is 11.4. The van der Waals surface area contributed by atoms with Gasteiger partial charge >= 0.3 is 5.97 Å². The number of carboxylic acid groups (broad SMARTS) is 1. The van der Waals surface area contributed by atoms with Gasteiger partial charge in [-0.25, -0.2) is 9.78 Å². The molecule has 0 aliphatic rings. The number of rotatable bonds is 4. The highest BCUT2D eigenvalue weighted by Gasteiger charge is 2.14. The van der Waals surface area contributed by atoms with Gasteiger partial charge in [-0.05, 0) is 12.1 Å². The second kappa shape index (κ2) is 4.85. The average Bonchev–Trinajstić information content (AvgIpc) is 3.00. The number of para-hydroxylation sites is 1. The van der Waals surface area contributed by atoms with Crippen molar-refractivity contribution in [1.29, 1.82) is 0 Å². The number of hydrogen-bond acceptors (Lipinski definition) is 2. The minimum absolute atomic E-state index is 0.320. The topological polar surface area (TPSA) is 60.0 Å². The van der Waals surface area contributed by atoms with Crippen LogP contribution in [0.3, 0.4) is 0 Å². The zero-order chi connectivity index (χ0) is 14.1. The van der Waals surface area contributed by atoms with Crippen LogP contribution < -0.4 is 0 Å². The number of aromatic nitrogens is 3. The molecule has 0 atom stereocenters. The predicted octanol–water partition coefficient (Wildman–Crippen LogP) is 2.32. The molecule has 0 radical (unpaired) electrons. The third-order valence-corrected chi connectivity index (χ3v) is 3.51. The summed E-state index contributed by atoms with van der Waals surface area (Å²) in [6.45, 7) is 0.597. The number of benzene rings is 1. The van der Waals surface area contributed by atoms with Crippen LogP contribution in [0.2, 0.25) is 0 Å². The minimum Gasteiger partial charge on any atom is -0.477 e. The first-order valence-electron chi connectivity index (χ1n) is 6.44. The Morgan fingerprint density at radius 3 is 2.85 bits per heavy atom. The summed E-state index contributed by atoms with van der Waals surface area (Å²) in [6, 6.07) is 9.43. The number of aromatic carboxylic acids is 1. The largest absolute Gasteiger partial charge is 0.477 e. The predicted molar refractivity (Wildman–Crippen MR) is 75.8 cm³/mol. The number of carboxylic acids is 1. The lowest BCUT2D eigenvalue weighted by molar-refractivity contribution is 0.0685. The third-order valence-electron chi connectivity index (χ3n) is 3.51. The fourth-order valence-electron chi connectivity index (χ4n) is 2.48. The monoisotopic (exact) mass is 269 g/mol. The minimum atomic E-state index is -0.902. The molecule has 0 aliphatic carbocycles. The molecule has 5 heteroatoms. The van der Waals surface area contributed by atoms with Gasteiger partial charge < -0.3 is 14.2 Å². The van der Waals surface area contributed by atoms with Crippen LogP contribution in [0.5, 0.6) is 0 Å². The van der Waals surface area contributed by atoms with Crippen molar-refractivity contribution in [2.75, 3.05) is 0 Å². The van der Waals surface area contributed by atoms with Crippen molar-refractivity contribution >= 4 is 16.9 Å². The first kappa shape index (κ1) is 12.5. The lowest BCUT2D eigenvalue weighted by Crippen LogP contribution is -2.11. The molecule has 0 saturated heterocycles. The number of fused-ring (bicyclic) bond motifs is 1. The molecule has 3 aromatic rings. The van der Waals surface area contributed by atoms with E-state index in [1.165, 1.54) is 0 Å². The number of aryl methyl sites for hydroxylation is 3. The molecule has 0 spiro atoms. The number of nitrogens with zero attached hydrogens (tertiary/aromatic N) is 3. The van der Waals surface area contributed by atoms with E-state index in [0.29, 0.717) is 18.7 Å². The van der Waals surface area contributed by atoms with Gasteiger partial charge in [0, 0.05) is 43.3 Å². The van der Waals surface area contributed by atoms with Crippen molar-refractivity contribution in [2.45, 2.75) is 13.0 Å². The summed E-state index contributed by atoms with van der Waals surface area (Å²) in [7, 11) is 1.94. The van der Waals surface area contributed by atoms with Crippen LogP contribution >= 0.6 is 0 Å². The van der Waals surface area contributed by atoms with E-state index >= 15 is 0 Å².